The summed E-state index contributed by atoms with van der Waals surface area (Å²) in [6, 6.07) is 7.44. The van der Waals surface area contributed by atoms with Crippen LogP contribution in [0, 0.1) is 19.7 Å². The molecule has 2 aromatic carbocycles. The third-order valence-corrected chi connectivity index (χ3v) is 10.4. The van der Waals surface area contributed by atoms with Gasteiger partial charge >= 0.3 is 0 Å². The maximum atomic E-state index is 13.6. The number of rotatable bonds is 6. The van der Waals surface area contributed by atoms with Gasteiger partial charge in [0.1, 0.15) is 23.9 Å². The van der Waals surface area contributed by atoms with Gasteiger partial charge in [-0.05, 0) is 92.6 Å². The molecule has 9 nitrogen and oxygen atoms in total. The highest BCUT2D eigenvalue weighted by molar-refractivity contribution is 7.92. The number of amides is 2. The number of aliphatic hydroxyl groups is 1. The number of aliphatic imine (C=N–C) groups is 1. The molecule has 3 aliphatic rings. The van der Waals surface area contributed by atoms with E-state index in [4.69, 9.17) is 11.6 Å². The predicted octanol–water partition coefficient (Wildman–Crippen LogP) is 3.74. The molecule has 0 saturated carbocycles. The standard InChI is InChI=1S/C30H33ClF2N4O5S/c1-19-15-22(27(38)36-10-6-29(40,18-32)7-11-36)16-20(2)23(19)5-14-43(41,42)37-12-8-30(9-13-37)28(39)34-26(35-30)21-3-4-25(33)24(31)17-21/h3-5,14-17,40H,6-13,18H2,1-2H3,(H,34,35,39)/b14-5+. The lowest BCUT2D eigenvalue weighted by atomic mass is 9.89. The van der Waals surface area contributed by atoms with Crippen molar-refractivity contribution in [2.24, 2.45) is 4.99 Å². The fourth-order valence-corrected chi connectivity index (χ4v) is 7.14. The molecule has 1 spiro atoms. The number of likely N-dealkylation sites (tertiary alicyclic amines) is 1. The third kappa shape index (κ3) is 6.24. The molecule has 2 aromatic rings. The number of halogens is 3. The highest BCUT2D eigenvalue weighted by Gasteiger charge is 2.47. The second kappa shape index (κ2) is 11.7. The molecule has 2 fully saturated rings. The van der Waals surface area contributed by atoms with Crippen LogP contribution in [0.4, 0.5) is 8.78 Å². The molecule has 2 N–H and O–H groups in total. The first kappa shape index (κ1) is 31.2. The zero-order chi connectivity index (χ0) is 31.2. The van der Waals surface area contributed by atoms with Crippen molar-refractivity contribution in [1.29, 1.82) is 0 Å². The summed E-state index contributed by atoms with van der Waals surface area (Å²) in [5.41, 5.74) is 0.524. The third-order valence-electron chi connectivity index (χ3n) is 8.56. The van der Waals surface area contributed by atoms with Crippen LogP contribution in [-0.2, 0) is 14.8 Å². The summed E-state index contributed by atoms with van der Waals surface area (Å²) in [5, 5.41) is 13.9. The van der Waals surface area contributed by atoms with E-state index >= 15 is 0 Å². The molecule has 0 aromatic heterocycles. The fourth-order valence-electron chi connectivity index (χ4n) is 5.79. The maximum absolute atomic E-state index is 13.6. The van der Waals surface area contributed by atoms with Crippen molar-refractivity contribution < 1.29 is 31.9 Å². The molecule has 5 rings (SSSR count). The SMILES string of the molecule is Cc1cc(C(=O)N2CCC(O)(CF)CC2)cc(C)c1/C=C/S(=O)(=O)N1CCC2(CC1)N=C(c1ccc(F)c(Cl)c1)NC2=O. The molecule has 0 aliphatic carbocycles. The van der Waals surface area contributed by atoms with Gasteiger partial charge in [0.05, 0.1) is 10.6 Å². The van der Waals surface area contributed by atoms with Crippen molar-refractivity contribution in [1.82, 2.24) is 14.5 Å². The number of carbonyl (C=O) groups is 2. The Kier molecular flexibility index (Phi) is 8.51. The minimum Gasteiger partial charge on any atom is -0.387 e. The molecule has 3 heterocycles. The Labute approximate surface area is 254 Å². The number of amidine groups is 1. The van der Waals surface area contributed by atoms with Gasteiger partial charge in [0.2, 0.25) is 10.0 Å². The van der Waals surface area contributed by atoms with E-state index < -0.39 is 33.7 Å². The van der Waals surface area contributed by atoms with Crippen LogP contribution in [0.1, 0.15) is 58.3 Å². The Hall–Kier alpha value is -3.19. The van der Waals surface area contributed by atoms with Crippen LogP contribution in [0.2, 0.25) is 5.02 Å². The van der Waals surface area contributed by atoms with E-state index in [-0.39, 0.29) is 74.5 Å². The quantitative estimate of drug-likeness (QED) is 0.502. The number of nitrogens with one attached hydrogen (secondary N) is 1. The summed E-state index contributed by atoms with van der Waals surface area (Å²) in [7, 11) is -3.83. The van der Waals surface area contributed by atoms with Gasteiger partial charge in [-0.3, -0.25) is 14.6 Å². The lowest BCUT2D eigenvalue weighted by Crippen LogP contribution is -2.50. The number of nitrogens with zero attached hydrogens (tertiary/aromatic N) is 3. The number of piperidine rings is 2. The number of hydrogen-bond acceptors (Lipinski definition) is 6. The van der Waals surface area contributed by atoms with Crippen molar-refractivity contribution in [3.63, 3.8) is 0 Å². The van der Waals surface area contributed by atoms with Crippen LogP contribution in [0.25, 0.3) is 6.08 Å². The summed E-state index contributed by atoms with van der Waals surface area (Å²) < 4.78 is 54.4. The molecular formula is C30H33ClF2N4O5S. The second-order valence-electron chi connectivity index (χ2n) is 11.5. The normalized spacial score (nSPS) is 20.5. The maximum Gasteiger partial charge on any atom is 0.253 e. The zero-order valence-electron chi connectivity index (χ0n) is 23.9. The molecule has 0 radical (unpaired) electrons. The van der Waals surface area contributed by atoms with Crippen LogP contribution in [-0.4, -0.2) is 84.4 Å². The Balaban J connectivity index is 1.25. The molecule has 0 unspecified atom stereocenters. The minimum absolute atomic E-state index is 0.0832. The van der Waals surface area contributed by atoms with Gasteiger partial charge < -0.3 is 15.3 Å². The molecule has 0 bridgehead atoms. The van der Waals surface area contributed by atoms with E-state index in [9.17, 15) is 31.9 Å². The van der Waals surface area contributed by atoms with Gasteiger partial charge in [-0.2, -0.15) is 4.31 Å². The van der Waals surface area contributed by atoms with E-state index in [1.165, 1.54) is 28.6 Å². The molecule has 230 valence electrons. The van der Waals surface area contributed by atoms with E-state index in [1.807, 2.05) is 0 Å². The van der Waals surface area contributed by atoms with Gasteiger partial charge in [0, 0.05) is 42.7 Å². The predicted molar refractivity (Wildman–Crippen MR) is 160 cm³/mol. The largest absolute Gasteiger partial charge is 0.387 e. The van der Waals surface area contributed by atoms with Gasteiger partial charge in [0.25, 0.3) is 11.8 Å². The Morgan fingerprint density at radius 2 is 1.72 bits per heavy atom. The molecular weight excluding hydrogens is 602 g/mol. The van der Waals surface area contributed by atoms with Crippen LogP contribution >= 0.6 is 11.6 Å². The molecule has 3 aliphatic heterocycles. The highest BCUT2D eigenvalue weighted by Crippen LogP contribution is 2.33. The first-order valence-corrected chi connectivity index (χ1v) is 15.9. The van der Waals surface area contributed by atoms with E-state index in [2.05, 4.69) is 10.3 Å². The van der Waals surface area contributed by atoms with Gasteiger partial charge in [0.15, 0.2) is 0 Å². The van der Waals surface area contributed by atoms with Crippen LogP contribution in [0.15, 0.2) is 40.7 Å². The van der Waals surface area contributed by atoms with Crippen molar-refractivity contribution in [2.45, 2.75) is 50.7 Å². The number of aryl methyl sites for hydroxylation is 2. The monoisotopic (exact) mass is 634 g/mol. The molecule has 2 amide bonds. The van der Waals surface area contributed by atoms with Gasteiger partial charge in [-0.25, -0.2) is 17.2 Å². The topological polar surface area (TPSA) is 119 Å². The lowest BCUT2D eigenvalue weighted by molar-refractivity contribution is -0.124. The van der Waals surface area contributed by atoms with Crippen LogP contribution in [0.5, 0.6) is 0 Å². The number of hydrogen-bond donors (Lipinski definition) is 2. The van der Waals surface area contributed by atoms with E-state index in [0.717, 1.165) is 16.5 Å². The van der Waals surface area contributed by atoms with Crippen molar-refractivity contribution in [3.05, 3.63) is 74.4 Å². The van der Waals surface area contributed by atoms with Gasteiger partial charge in [-0.15, -0.1) is 0 Å². The number of carbonyl (C=O) groups excluding carboxylic acids is 2. The summed E-state index contributed by atoms with van der Waals surface area (Å²) in [5.74, 6) is -0.863. The molecule has 0 atom stereocenters. The molecule has 13 heteroatoms. The van der Waals surface area contributed by atoms with Crippen LogP contribution in [0.3, 0.4) is 0 Å². The average Bonchev–Trinajstić information content (AvgIpc) is 3.29. The van der Waals surface area contributed by atoms with Crippen molar-refractivity contribution in [2.75, 3.05) is 32.9 Å². The Morgan fingerprint density at radius 3 is 2.30 bits per heavy atom. The second-order valence-corrected chi connectivity index (χ2v) is 13.7. The van der Waals surface area contributed by atoms with Gasteiger partial charge in [-0.1, -0.05) is 11.6 Å². The fraction of sp³-hybridized carbons (Fsp3) is 0.433. The van der Waals surface area contributed by atoms with E-state index in [1.54, 1.807) is 30.9 Å². The summed E-state index contributed by atoms with van der Waals surface area (Å²) >= 11 is 5.88. The highest BCUT2D eigenvalue weighted by atomic mass is 35.5. The number of benzene rings is 2. The van der Waals surface area contributed by atoms with Crippen molar-refractivity contribution in [3.8, 4) is 0 Å². The Bertz CT molecular complexity index is 1610. The zero-order valence-corrected chi connectivity index (χ0v) is 25.4. The summed E-state index contributed by atoms with van der Waals surface area (Å²) in [6.45, 7) is 3.42. The summed E-state index contributed by atoms with van der Waals surface area (Å²) in [4.78, 5) is 32.1. The first-order valence-electron chi connectivity index (χ1n) is 14.0. The molecule has 43 heavy (non-hydrogen) atoms. The summed E-state index contributed by atoms with van der Waals surface area (Å²) in [6.07, 6.45) is 2.21. The average molecular weight is 635 g/mol. The Morgan fingerprint density at radius 1 is 1.09 bits per heavy atom. The lowest BCUT2D eigenvalue weighted by Gasteiger charge is -2.36. The number of alkyl halides is 1. The molecule has 2 saturated heterocycles. The van der Waals surface area contributed by atoms with E-state index in [0.29, 0.717) is 16.7 Å². The number of sulfonamides is 1. The van der Waals surface area contributed by atoms with Crippen molar-refractivity contribution >= 4 is 45.4 Å². The first-order chi connectivity index (χ1) is 20.3. The minimum atomic E-state index is -3.83. The van der Waals surface area contributed by atoms with Crippen LogP contribution < -0.4 is 5.32 Å². The smallest absolute Gasteiger partial charge is 0.253 e.